The molecule has 0 bridgehead atoms. The molecule has 13 nitrogen and oxygen atoms in total. The molecule has 0 spiro atoms. The Labute approximate surface area is 290 Å². The van der Waals surface area contributed by atoms with Crippen LogP contribution in [0.5, 0.6) is 0 Å². The molecule has 50 heavy (non-hydrogen) atoms. The van der Waals surface area contributed by atoms with Crippen LogP contribution in [0.1, 0.15) is 52.1 Å². The van der Waals surface area contributed by atoms with E-state index in [1.165, 1.54) is 12.3 Å². The lowest BCUT2D eigenvalue weighted by molar-refractivity contribution is -0.120. The average Bonchev–Trinajstić information content (AvgIpc) is 3.15. The molecule has 1 aliphatic rings. The number of nitrogens with two attached hydrogens (primary N) is 2. The molecule has 7 N–H and O–H groups in total. The summed E-state index contributed by atoms with van der Waals surface area (Å²) >= 11 is 0. The Morgan fingerprint density at radius 1 is 0.960 bits per heavy atom. The minimum Gasteiger partial charge on any atom is -0.404 e. The summed E-state index contributed by atoms with van der Waals surface area (Å²) in [7, 11) is 0. The van der Waals surface area contributed by atoms with Gasteiger partial charge in [0.15, 0.2) is 6.29 Å². The predicted octanol–water partition coefficient (Wildman–Crippen LogP) is 3.57. The molecule has 258 valence electrons. The van der Waals surface area contributed by atoms with E-state index in [0.717, 1.165) is 53.9 Å². The van der Waals surface area contributed by atoms with Gasteiger partial charge in [0.25, 0.3) is 5.91 Å². The monoisotopic (exact) mass is 675 g/mol. The molecule has 1 atom stereocenters. The van der Waals surface area contributed by atoms with Gasteiger partial charge in [0.1, 0.15) is 12.3 Å². The van der Waals surface area contributed by atoms with Crippen molar-refractivity contribution in [2.75, 3.05) is 41.7 Å². The quantitative estimate of drug-likeness (QED) is 0.0665. The van der Waals surface area contributed by atoms with Crippen molar-refractivity contribution in [3.05, 3.63) is 95.9 Å². The van der Waals surface area contributed by atoms with Crippen molar-refractivity contribution in [2.45, 2.75) is 37.8 Å². The number of hydrogen-bond acceptors (Lipinski definition) is 11. The van der Waals surface area contributed by atoms with E-state index in [0.29, 0.717) is 37.0 Å². The number of fused-ring (bicyclic) bond motifs is 1. The molecule has 1 unspecified atom stereocenters. The number of benzene rings is 3. The zero-order valence-corrected chi connectivity index (χ0v) is 27.6. The van der Waals surface area contributed by atoms with Crippen molar-refractivity contribution in [2.24, 2.45) is 16.5 Å². The van der Waals surface area contributed by atoms with Crippen LogP contribution in [0.2, 0.25) is 0 Å². The highest BCUT2D eigenvalue weighted by Crippen LogP contribution is 2.25. The molecule has 1 aromatic heterocycles. The standard InChI is InChI=1S/C37H41N9O4/c38-21-26(35-23-43-32-7-1-2-8-33(32)44-35)22-42-27-12-16-46(17-13-27)30-6-3-5-28(20-30)40-14-15-41-29-10-11-31(25(19-29)24-48)37(50)45-34(36(39)49)9-4-18-47/h1-3,5-8,10-11,18-24,27,34,40-41H,4,9,12-17,38H2,(H2,39,49)(H,45,50). The van der Waals surface area contributed by atoms with E-state index in [-0.39, 0.29) is 30.0 Å². The van der Waals surface area contributed by atoms with E-state index in [9.17, 15) is 19.2 Å². The van der Waals surface area contributed by atoms with Crippen molar-refractivity contribution in [3.63, 3.8) is 0 Å². The summed E-state index contributed by atoms with van der Waals surface area (Å²) in [6.07, 6.45) is 8.27. The number of aliphatic imine (C=N–C) groups is 1. The van der Waals surface area contributed by atoms with Crippen molar-refractivity contribution in [1.29, 1.82) is 0 Å². The lowest BCUT2D eigenvalue weighted by Gasteiger charge is -2.32. The maximum absolute atomic E-state index is 12.7. The first-order chi connectivity index (χ1) is 24.4. The molecule has 0 saturated carbocycles. The van der Waals surface area contributed by atoms with Crippen LogP contribution in [0.3, 0.4) is 0 Å². The lowest BCUT2D eigenvalue weighted by atomic mass is 10.0. The van der Waals surface area contributed by atoms with Gasteiger partial charge in [-0.15, -0.1) is 0 Å². The highest BCUT2D eigenvalue weighted by Gasteiger charge is 2.21. The number of amides is 2. The maximum Gasteiger partial charge on any atom is 0.252 e. The molecule has 2 heterocycles. The fourth-order valence-electron chi connectivity index (χ4n) is 5.71. The Kier molecular flexibility index (Phi) is 12.2. The summed E-state index contributed by atoms with van der Waals surface area (Å²) in [6, 6.07) is 20.0. The number of piperidine rings is 1. The van der Waals surface area contributed by atoms with Crippen molar-refractivity contribution < 1.29 is 19.2 Å². The van der Waals surface area contributed by atoms with Crippen LogP contribution < -0.4 is 32.3 Å². The summed E-state index contributed by atoms with van der Waals surface area (Å²) in [5.74, 6) is -1.37. The fraction of sp³-hybridized carbons (Fsp3) is 0.270. The van der Waals surface area contributed by atoms with Gasteiger partial charge in [-0.05, 0) is 67.8 Å². The Morgan fingerprint density at radius 3 is 2.40 bits per heavy atom. The van der Waals surface area contributed by atoms with E-state index in [4.69, 9.17) is 16.5 Å². The van der Waals surface area contributed by atoms with Crippen LogP contribution in [0.15, 0.2) is 84.1 Å². The average molecular weight is 676 g/mol. The Balaban J connectivity index is 1.08. The number of rotatable bonds is 16. The number of hydrogen-bond donors (Lipinski definition) is 5. The summed E-state index contributed by atoms with van der Waals surface area (Å²) in [6.45, 7) is 2.91. The van der Waals surface area contributed by atoms with Gasteiger partial charge < -0.3 is 37.1 Å². The van der Waals surface area contributed by atoms with Gasteiger partial charge in [-0.2, -0.15) is 0 Å². The third-order valence-electron chi connectivity index (χ3n) is 8.45. The zero-order chi connectivity index (χ0) is 35.3. The molecule has 1 saturated heterocycles. The first-order valence-corrected chi connectivity index (χ1v) is 16.5. The second kappa shape index (κ2) is 17.3. The first-order valence-electron chi connectivity index (χ1n) is 16.5. The number of carbonyl (C=O) groups excluding carboxylic acids is 4. The number of aldehydes is 2. The number of para-hydroxylation sites is 2. The summed E-state index contributed by atoms with van der Waals surface area (Å²) in [5, 5.41) is 9.19. The molecule has 0 radical (unpaired) electrons. The lowest BCUT2D eigenvalue weighted by Crippen LogP contribution is -2.44. The van der Waals surface area contributed by atoms with Gasteiger partial charge in [-0.3, -0.25) is 24.4 Å². The van der Waals surface area contributed by atoms with Crippen LogP contribution in [0.4, 0.5) is 17.1 Å². The highest BCUT2D eigenvalue weighted by molar-refractivity contribution is 6.09. The zero-order valence-electron chi connectivity index (χ0n) is 27.6. The molecule has 13 heteroatoms. The molecular weight excluding hydrogens is 634 g/mol. The molecule has 0 aliphatic carbocycles. The van der Waals surface area contributed by atoms with Crippen molar-refractivity contribution in [1.82, 2.24) is 15.3 Å². The fourth-order valence-corrected chi connectivity index (χ4v) is 5.71. The smallest absolute Gasteiger partial charge is 0.252 e. The summed E-state index contributed by atoms with van der Waals surface area (Å²) in [5.41, 5.74) is 17.4. The third-order valence-corrected chi connectivity index (χ3v) is 8.45. The van der Waals surface area contributed by atoms with E-state index < -0.39 is 17.9 Å². The van der Waals surface area contributed by atoms with Crippen molar-refractivity contribution in [3.8, 4) is 0 Å². The molecule has 2 amide bonds. The number of nitrogens with zero attached hydrogens (tertiary/aromatic N) is 4. The van der Waals surface area contributed by atoms with Gasteiger partial charge in [-0.25, -0.2) is 4.98 Å². The Morgan fingerprint density at radius 2 is 1.70 bits per heavy atom. The number of allylic oxidation sites excluding steroid dienone is 1. The van der Waals surface area contributed by atoms with E-state index >= 15 is 0 Å². The predicted molar refractivity (Wildman–Crippen MR) is 196 cm³/mol. The molecule has 1 fully saturated rings. The van der Waals surface area contributed by atoms with Crippen LogP contribution in [-0.4, -0.2) is 78.8 Å². The largest absolute Gasteiger partial charge is 0.404 e. The second-order valence-electron chi connectivity index (χ2n) is 11.9. The van der Waals surface area contributed by atoms with E-state index in [2.05, 4.69) is 43.0 Å². The minimum absolute atomic E-state index is 0.0732. The van der Waals surface area contributed by atoms with Gasteiger partial charge >= 0.3 is 0 Å². The van der Waals surface area contributed by atoms with Gasteiger partial charge in [0.2, 0.25) is 5.91 Å². The number of carbonyl (C=O) groups is 4. The van der Waals surface area contributed by atoms with Crippen LogP contribution >= 0.6 is 0 Å². The highest BCUT2D eigenvalue weighted by atomic mass is 16.2. The SMILES string of the molecule is NC=C(C=NC1CCN(c2cccc(NCCNc3ccc(C(=O)NC(CCC=O)C(N)=O)c(C=O)c3)c2)CC1)c1cnc2ccccc2n1. The molecule has 5 rings (SSSR count). The molecule has 1 aliphatic heterocycles. The van der Waals surface area contributed by atoms with Crippen LogP contribution in [0.25, 0.3) is 16.6 Å². The van der Waals surface area contributed by atoms with Crippen LogP contribution in [-0.2, 0) is 9.59 Å². The van der Waals surface area contributed by atoms with Crippen molar-refractivity contribution >= 4 is 64.3 Å². The second-order valence-corrected chi connectivity index (χ2v) is 11.9. The first kappa shape index (κ1) is 35.2. The van der Waals surface area contributed by atoms with E-state index in [1.54, 1.807) is 18.3 Å². The molecule has 3 aromatic carbocycles. The van der Waals surface area contributed by atoms with Gasteiger partial charge in [0, 0.05) is 78.8 Å². The number of aromatic nitrogens is 2. The minimum atomic E-state index is -1.01. The topological polar surface area (TPSA) is 198 Å². The van der Waals surface area contributed by atoms with Gasteiger partial charge in [-0.1, -0.05) is 18.2 Å². The number of nitrogens with one attached hydrogen (secondary N) is 3. The van der Waals surface area contributed by atoms with E-state index in [1.807, 2.05) is 42.6 Å². The summed E-state index contributed by atoms with van der Waals surface area (Å²) in [4.78, 5) is 63.1. The normalized spacial score (nSPS) is 14.3. The Bertz CT molecular complexity index is 1890. The van der Waals surface area contributed by atoms with Gasteiger partial charge in [0.05, 0.1) is 29.0 Å². The molecule has 4 aromatic rings. The maximum atomic E-state index is 12.7. The Hall–Kier alpha value is -6.11. The van der Waals surface area contributed by atoms with Crippen LogP contribution in [0, 0.1) is 0 Å². The number of anilines is 3. The third kappa shape index (κ3) is 9.28. The molecular formula is C37H41N9O4. The number of primary amides is 1. The summed E-state index contributed by atoms with van der Waals surface area (Å²) < 4.78 is 0.